The molecule has 1 atom stereocenters. The van der Waals surface area contributed by atoms with Crippen LogP contribution in [0.5, 0.6) is 0 Å². The van der Waals surface area contributed by atoms with Gasteiger partial charge in [-0.25, -0.2) is 0 Å². The second-order valence-corrected chi connectivity index (χ2v) is 4.84. The molecule has 1 aromatic carbocycles. The largest absolute Gasteiger partial charge is 0.368 e. The average Bonchev–Trinajstić information content (AvgIpc) is 2.82. The molecule has 0 aliphatic heterocycles. The van der Waals surface area contributed by atoms with E-state index in [1.165, 1.54) is 0 Å². The minimum absolute atomic E-state index is 0.142. The fourth-order valence-corrected chi connectivity index (χ4v) is 2.24. The number of primary amides is 1. The first-order chi connectivity index (χ1) is 9.61. The van der Waals surface area contributed by atoms with E-state index in [-0.39, 0.29) is 5.91 Å². The van der Waals surface area contributed by atoms with Crippen LogP contribution in [0.3, 0.4) is 0 Å². The first-order valence-electron chi connectivity index (χ1n) is 6.75. The zero-order valence-corrected chi connectivity index (χ0v) is 11.5. The molecule has 5 heteroatoms. The van der Waals surface area contributed by atoms with Crippen molar-refractivity contribution >= 4 is 22.7 Å². The summed E-state index contributed by atoms with van der Waals surface area (Å²) in [4.78, 5) is 26.3. The highest BCUT2D eigenvalue weighted by atomic mass is 16.2. The number of para-hydroxylation sites is 1. The lowest BCUT2D eigenvalue weighted by atomic mass is 10.0. The predicted octanol–water partition coefficient (Wildman–Crippen LogP) is 1.48. The molecule has 0 unspecified atom stereocenters. The van der Waals surface area contributed by atoms with E-state index >= 15 is 0 Å². The third kappa shape index (κ3) is 3.17. The number of rotatable bonds is 6. The number of nitrogens with one attached hydrogen (secondary N) is 2. The van der Waals surface area contributed by atoms with Gasteiger partial charge in [0.15, 0.2) is 0 Å². The standard InChI is InChI=1S/C15H19N3O2/c1-2-5-14(19)18-13(15(16)20)8-10-9-17-12-7-4-3-6-11(10)12/h3-4,6-7,9,13,17H,2,5,8H2,1H3,(H2,16,20)(H,18,19)/t13-/m0/s1. The Hall–Kier alpha value is -2.30. The van der Waals surface area contributed by atoms with Gasteiger partial charge in [0.25, 0.3) is 0 Å². The molecule has 20 heavy (non-hydrogen) atoms. The SMILES string of the molecule is CCCC(=O)N[C@@H](Cc1c[nH]c2ccccc12)C(N)=O. The summed E-state index contributed by atoms with van der Waals surface area (Å²) in [6, 6.07) is 7.15. The van der Waals surface area contributed by atoms with E-state index in [1.54, 1.807) is 0 Å². The fourth-order valence-electron chi connectivity index (χ4n) is 2.24. The second kappa shape index (κ2) is 6.23. The van der Waals surface area contributed by atoms with Crippen molar-refractivity contribution in [2.75, 3.05) is 0 Å². The van der Waals surface area contributed by atoms with Crippen LogP contribution in [0.1, 0.15) is 25.3 Å². The highest BCUT2D eigenvalue weighted by Gasteiger charge is 2.19. The van der Waals surface area contributed by atoms with Crippen molar-refractivity contribution in [1.82, 2.24) is 10.3 Å². The number of amides is 2. The summed E-state index contributed by atoms with van der Waals surface area (Å²) in [5.41, 5.74) is 7.36. The molecule has 0 bridgehead atoms. The number of carbonyl (C=O) groups excluding carboxylic acids is 2. The topological polar surface area (TPSA) is 88.0 Å². The number of H-pyrrole nitrogens is 1. The summed E-state index contributed by atoms with van der Waals surface area (Å²) in [5, 5.41) is 3.74. The summed E-state index contributed by atoms with van der Waals surface area (Å²) >= 11 is 0. The van der Waals surface area contributed by atoms with Gasteiger partial charge < -0.3 is 16.0 Å². The monoisotopic (exact) mass is 273 g/mol. The quantitative estimate of drug-likeness (QED) is 0.744. The molecular weight excluding hydrogens is 254 g/mol. The summed E-state index contributed by atoms with van der Waals surface area (Å²) in [6.45, 7) is 1.92. The highest BCUT2D eigenvalue weighted by molar-refractivity contribution is 5.88. The van der Waals surface area contributed by atoms with Gasteiger partial charge in [-0.15, -0.1) is 0 Å². The molecule has 0 aliphatic carbocycles. The Morgan fingerprint density at radius 3 is 2.80 bits per heavy atom. The maximum absolute atomic E-state index is 11.6. The van der Waals surface area contributed by atoms with Crippen LogP contribution in [0.25, 0.3) is 10.9 Å². The molecule has 0 saturated heterocycles. The van der Waals surface area contributed by atoms with Crippen molar-refractivity contribution in [3.8, 4) is 0 Å². The van der Waals surface area contributed by atoms with E-state index in [0.29, 0.717) is 12.8 Å². The molecule has 0 aliphatic rings. The minimum Gasteiger partial charge on any atom is -0.368 e. The summed E-state index contributed by atoms with van der Waals surface area (Å²) in [7, 11) is 0. The molecule has 0 fully saturated rings. The fraction of sp³-hybridized carbons (Fsp3) is 0.333. The number of carbonyl (C=O) groups is 2. The van der Waals surface area contributed by atoms with Crippen LogP contribution >= 0.6 is 0 Å². The lowest BCUT2D eigenvalue weighted by molar-refractivity contribution is -0.127. The summed E-state index contributed by atoms with van der Waals surface area (Å²) < 4.78 is 0. The van der Waals surface area contributed by atoms with E-state index < -0.39 is 11.9 Å². The van der Waals surface area contributed by atoms with Crippen molar-refractivity contribution in [3.63, 3.8) is 0 Å². The molecule has 106 valence electrons. The molecule has 1 heterocycles. The van der Waals surface area contributed by atoms with Gasteiger partial charge in [0.1, 0.15) is 6.04 Å². The lowest BCUT2D eigenvalue weighted by Crippen LogP contribution is -2.45. The zero-order valence-electron chi connectivity index (χ0n) is 11.5. The number of aromatic nitrogens is 1. The van der Waals surface area contributed by atoms with Crippen LogP contribution in [-0.2, 0) is 16.0 Å². The van der Waals surface area contributed by atoms with Crippen LogP contribution in [-0.4, -0.2) is 22.8 Å². The van der Waals surface area contributed by atoms with Crippen LogP contribution in [0.15, 0.2) is 30.5 Å². The van der Waals surface area contributed by atoms with E-state index in [9.17, 15) is 9.59 Å². The van der Waals surface area contributed by atoms with Gasteiger partial charge in [0.05, 0.1) is 0 Å². The second-order valence-electron chi connectivity index (χ2n) is 4.84. The van der Waals surface area contributed by atoms with Crippen molar-refractivity contribution in [2.45, 2.75) is 32.2 Å². The van der Waals surface area contributed by atoms with Crippen LogP contribution in [0.4, 0.5) is 0 Å². The average molecular weight is 273 g/mol. The molecule has 4 N–H and O–H groups in total. The normalized spacial score (nSPS) is 12.2. The Balaban J connectivity index is 2.15. The molecule has 0 saturated carbocycles. The predicted molar refractivity (Wildman–Crippen MR) is 78.0 cm³/mol. The Labute approximate surface area is 117 Å². The van der Waals surface area contributed by atoms with E-state index in [4.69, 9.17) is 5.73 Å². The van der Waals surface area contributed by atoms with Gasteiger partial charge in [-0.05, 0) is 18.1 Å². The Kier molecular flexibility index (Phi) is 4.40. The number of nitrogens with two attached hydrogens (primary N) is 1. The van der Waals surface area contributed by atoms with Crippen molar-refractivity contribution in [1.29, 1.82) is 0 Å². The Morgan fingerprint density at radius 2 is 2.10 bits per heavy atom. The van der Waals surface area contributed by atoms with Gasteiger partial charge in [-0.3, -0.25) is 9.59 Å². The molecule has 1 aromatic heterocycles. The lowest BCUT2D eigenvalue weighted by Gasteiger charge is -2.14. The first-order valence-corrected chi connectivity index (χ1v) is 6.75. The first kappa shape index (κ1) is 14.1. The number of hydrogen-bond donors (Lipinski definition) is 3. The molecule has 2 rings (SSSR count). The molecule has 0 radical (unpaired) electrons. The maximum Gasteiger partial charge on any atom is 0.240 e. The van der Waals surface area contributed by atoms with Crippen LogP contribution in [0.2, 0.25) is 0 Å². The van der Waals surface area contributed by atoms with E-state index in [1.807, 2.05) is 37.4 Å². The summed E-state index contributed by atoms with van der Waals surface area (Å²) in [6.07, 6.45) is 3.39. The van der Waals surface area contributed by atoms with Gasteiger partial charge in [0, 0.05) is 29.9 Å². The minimum atomic E-state index is -0.673. The smallest absolute Gasteiger partial charge is 0.240 e. The third-order valence-corrected chi connectivity index (χ3v) is 3.25. The van der Waals surface area contributed by atoms with Crippen molar-refractivity contribution in [2.24, 2.45) is 5.73 Å². The molecule has 5 nitrogen and oxygen atoms in total. The van der Waals surface area contributed by atoms with Gasteiger partial charge in [0.2, 0.25) is 11.8 Å². The Morgan fingerprint density at radius 1 is 1.35 bits per heavy atom. The Bertz CT molecular complexity index is 618. The summed E-state index contributed by atoms with van der Waals surface area (Å²) in [5.74, 6) is -0.657. The van der Waals surface area contributed by atoms with Crippen molar-refractivity contribution in [3.05, 3.63) is 36.0 Å². The third-order valence-electron chi connectivity index (χ3n) is 3.25. The number of fused-ring (bicyclic) bond motifs is 1. The van der Waals surface area contributed by atoms with E-state index in [0.717, 1.165) is 22.9 Å². The molecule has 2 aromatic rings. The van der Waals surface area contributed by atoms with Crippen LogP contribution in [0, 0.1) is 0 Å². The van der Waals surface area contributed by atoms with Gasteiger partial charge in [-0.1, -0.05) is 25.1 Å². The number of benzene rings is 1. The van der Waals surface area contributed by atoms with E-state index in [2.05, 4.69) is 10.3 Å². The van der Waals surface area contributed by atoms with Crippen LogP contribution < -0.4 is 11.1 Å². The zero-order chi connectivity index (χ0) is 14.5. The van der Waals surface area contributed by atoms with Gasteiger partial charge in [-0.2, -0.15) is 0 Å². The van der Waals surface area contributed by atoms with Crippen molar-refractivity contribution < 1.29 is 9.59 Å². The molecule has 2 amide bonds. The number of aromatic amines is 1. The van der Waals surface area contributed by atoms with Gasteiger partial charge >= 0.3 is 0 Å². The number of hydrogen-bond acceptors (Lipinski definition) is 2. The maximum atomic E-state index is 11.6. The molecular formula is C15H19N3O2. The highest BCUT2D eigenvalue weighted by Crippen LogP contribution is 2.19. The molecule has 0 spiro atoms.